The lowest BCUT2D eigenvalue weighted by molar-refractivity contribution is 0.101. The highest BCUT2D eigenvalue weighted by Gasteiger charge is 2.17. The summed E-state index contributed by atoms with van der Waals surface area (Å²) in [6, 6.07) is 4.26. The standard InChI is InChI=1S/C9H4ClFINO/c10-3-7(14)8-5(4-13)1-2-6(11)9(8)12/h1-2H,3H2. The molecule has 14 heavy (non-hydrogen) atoms. The quantitative estimate of drug-likeness (QED) is 0.477. The molecule has 0 bridgehead atoms. The third-order valence-corrected chi connectivity index (χ3v) is 2.91. The summed E-state index contributed by atoms with van der Waals surface area (Å²) in [5.74, 6) is -1.21. The van der Waals surface area contributed by atoms with E-state index in [1.807, 2.05) is 6.07 Å². The summed E-state index contributed by atoms with van der Waals surface area (Å²) in [4.78, 5) is 11.3. The van der Waals surface area contributed by atoms with E-state index in [1.165, 1.54) is 6.07 Å². The van der Waals surface area contributed by atoms with Crippen LogP contribution in [0.5, 0.6) is 0 Å². The maximum atomic E-state index is 13.1. The Morgan fingerprint density at radius 2 is 2.29 bits per heavy atom. The Bertz CT molecular complexity index is 428. The van der Waals surface area contributed by atoms with Gasteiger partial charge in [-0.15, -0.1) is 11.6 Å². The molecule has 2 nitrogen and oxygen atoms in total. The monoisotopic (exact) mass is 323 g/mol. The van der Waals surface area contributed by atoms with Gasteiger partial charge in [-0.3, -0.25) is 4.79 Å². The van der Waals surface area contributed by atoms with E-state index in [9.17, 15) is 9.18 Å². The average Bonchev–Trinajstić information content (AvgIpc) is 2.20. The first-order valence-electron chi connectivity index (χ1n) is 3.59. The molecule has 0 aliphatic rings. The van der Waals surface area contributed by atoms with Crippen LogP contribution in [0.4, 0.5) is 4.39 Å². The molecule has 0 aromatic heterocycles. The van der Waals surface area contributed by atoms with Crippen molar-refractivity contribution in [3.05, 3.63) is 32.6 Å². The molecule has 5 heteroatoms. The predicted octanol–water partition coefficient (Wildman–Crippen LogP) is 2.72. The Morgan fingerprint density at radius 3 is 2.79 bits per heavy atom. The summed E-state index contributed by atoms with van der Waals surface area (Å²) in [5, 5.41) is 8.71. The number of alkyl halides is 1. The zero-order valence-electron chi connectivity index (χ0n) is 6.85. The van der Waals surface area contributed by atoms with E-state index in [1.54, 1.807) is 22.6 Å². The summed E-state index contributed by atoms with van der Waals surface area (Å²) in [6.45, 7) is 0. The molecule has 0 aliphatic carbocycles. The number of nitriles is 1. The van der Waals surface area contributed by atoms with Gasteiger partial charge >= 0.3 is 0 Å². The smallest absolute Gasteiger partial charge is 0.180 e. The molecule has 1 rings (SSSR count). The second-order valence-electron chi connectivity index (χ2n) is 2.45. The molecule has 0 amide bonds. The first-order valence-corrected chi connectivity index (χ1v) is 5.20. The highest BCUT2D eigenvalue weighted by molar-refractivity contribution is 14.1. The van der Waals surface area contributed by atoms with Crippen LogP contribution >= 0.6 is 34.2 Å². The molecule has 0 spiro atoms. The Morgan fingerprint density at radius 1 is 1.64 bits per heavy atom. The minimum Gasteiger partial charge on any atom is -0.293 e. The minimum absolute atomic E-state index is 0.0723. The molecule has 0 atom stereocenters. The fourth-order valence-electron chi connectivity index (χ4n) is 0.983. The Labute approximate surface area is 98.8 Å². The lowest BCUT2D eigenvalue weighted by Gasteiger charge is -2.04. The predicted molar refractivity (Wildman–Crippen MR) is 58.9 cm³/mol. The van der Waals surface area contributed by atoms with E-state index in [4.69, 9.17) is 16.9 Å². The molecule has 0 radical (unpaired) electrons. The lowest BCUT2D eigenvalue weighted by Crippen LogP contribution is -2.07. The highest BCUT2D eigenvalue weighted by atomic mass is 127. The van der Waals surface area contributed by atoms with Crippen molar-refractivity contribution in [3.8, 4) is 6.07 Å². The van der Waals surface area contributed by atoms with Crippen LogP contribution < -0.4 is 0 Å². The number of carbonyl (C=O) groups is 1. The molecule has 0 N–H and O–H groups in total. The number of carbonyl (C=O) groups excluding carboxylic acids is 1. The van der Waals surface area contributed by atoms with Gasteiger partial charge < -0.3 is 0 Å². The summed E-state index contributed by atoms with van der Waals surface area (Å²) in [5.41, 5.74) is 0.226. The number of nitrogens with zero attached hydrogens (tertiary/aromatic N) is 1. The van der Waals surface area contributed by atoms with Crippen LogP contribution in [-0.2, 0) is 0 Å². The van der Waals surface area contributed by atoms with E-state index < -0.39 is 11.6 Å². The third-order valence-electron chi connectivity index (χ3n) is 1.62. The van der Waals surface area contributed by atoms with Crippen molar-refractivity contribution in [3.63, 3.8) is 0 Å². The number of halogens is 3. The number of hydrogen-bond donors (Lipinski definition) is 0. The second kappa shape index (κ2) is 4.71. The van der Waals surface area contributed by atoms with E-state index in [0.717, 1.165) is 6.07 Å². The van der Waals surface area contributed by atoms with E-state index >= 15 is 0 Å². The fourth-order valence-corrected chi connectivity index (χ4v) is 1.89. The Hall–Kier alpha value is -0.670. The molecule has 1 aromatic carbocycles. The van der Waals surface area contributed by atoms with Crippen LogP contribution in [0.2, 0.25) is 0 Å². The third kappa shape index (κ3) is 2.04. The number of benzene rings is 1. The summed E-state index contributed by atoms with van der Waals surface area (Å²) in [7, 11) is 0. The van der Waals surface area contributed by atoms with Crippen LogP contribution in [0.3, 0.4) is 0 Å². The van der Waals surface area contributed by atoms with Gasteiger partial charge in [-0.1, -0.05) is 0 Å². The van der Waals surface area contributed by atoms with Crippen LogP contribution in [0.15, 0.2) is 12.1 Å². The molecule has 0 aliphatic heterocycles. The first kappa shape index (κ1) is 11.4. The van der Waals surface area contributed by atoms with E-state index in [-0.39, 0.29) is 20.6 Å². The van der Waals surface area contributed by atoms with Crippen molar-refractivity contribution < 1.29 is 9.18 Å². The van der Waals surface area contributed by atoms with Gasteiger partial charge in [0.2, 0.25) is 0 Å². The van der Waals surface area contributed by atoms with Crippen molar-refractivity contribution >= 4 is 40.0 Å². The van der Waals surface area contributed by atoms with Gasteiger partial charge in [0, 0.05) is 0 Å². The average molecular weight is 323 g/mol. The summed E-state index contributed by atoms with van der Waals surface area (Å²) >= 11 is 7.04. The minimum atomic E-state index is -0.516. The Kier molecular flexibility index (Phi) is 3.84. The van der Waals surface area contributed by atoms with Gasteiger partial charge in [0.25, 0.3) is 0 Å². The Balaban J connectivity index is 3.45. The molecule has 0 fully saturated rings. The normalized spacial score (nSPS) is 9.57. The van der Waals surface area contributed by atoms with Gasteiger partial charge in [0.05, 0.1) is 26.6 Å². The SMILES string of the molecule is N#Cc1ccc(F)c(I)c1C(=O)CCl. The molecule has 0 saturated carbocycles. The van der Waals surface area contributed by atoms with E-state index in [0.29, 0.717) is 0 Å². The molecule has 0 unspecified atom stereocenters. The highest BCUT2D eigenvalue weighted by Crippen LogP contribution is 2.21. The van der Waals surface area contributed by atoms with Crippen molar-refractivity contribution in [2.75, 3.05) is 5.88 Å². The summed E-state index contributed by atoms with van der Waals surface area (Å²) < 4.78 is 13.2. The molecule has 72 valence electrons. The van der Waals surface area contributed by atoms with Gasteiger partial charge in [-0.2, -0.15) is 5.26 Å². The van der Waals surface area contributed by atoms with Gasteiger partial charge in [-0.05, 0) is 34.7 Å². The van der Waals surface area contributed by atoms with Gasteiger partial charge in [0.1, 0.15) is 5.82 Å². The largest absolute Gasteiger partial charge is 0.293 e. The zero-order chi connectivity index (χ0) is 10.7. The van der Waals surface area contributed by atoms with E-state index in [2.05, 4.69) is 0 Å². The zero-order valence-corrected chi connectivity index (χ0v) is 9.76. The number of Topliss-reactive ketones (excluding diaryl/α,β-unsaturated/α-hetero) is 1. The van der Waals surface area contributed by atoms with Gasteiger partial charge in [-0.25, -0.2) is 4.39 Å². The van der Waals surface area contributed by atoms with Crippen LogP contribution in [0, 0.1) is 20.7 Å². The second-order valence-corrected chi connectivity index (χ2v) is 3.80. The maximum absolute atomic E-state index is 13.1. The van der Waals surface area contributed by atoms with Crippen LogP contribution in [-0.4, -0.2) is 11.7 Å². The first-order chi connectivity index (χ1) is 6.61. The number of ketones is 1. The van der Waals surface area contributed by atoms with Gasteiger partial charge in [0.15, 0.2) is 5.78 Å². The molecular weight excluding hydrogens is 319 g/mol. The molecular formula is C9H4ClFINO. The van der Waals surface area contributed by atoms with Crippen LogP contribution in [0.25, 0.3) is 0 Å². The fraction of sp³-hybridized carbons (Fsp3) is 0.111. The van der Waals surface area contributed by atoms with Crippen molar-refractivity contribution in [1.82, 2.24) is 0 Å². The summed E-state index contributed by atoms with van der Waals surface area (Å²) in [6.07, 6.45) is 0. The van der Waals surface area contributed by atoms with Crippen molar-refractivity contribution in [2.45, 2.75) is 0 Å². The molecule has 0 saturated heterocycles. The lowest BCUT2D eigenvalue weighted by atomic mass is 10.1. The molecule has 0 heterocycles. The van der Waals surface area contributed by atoms with Crippen molar-refractivity contribution in [1.29, 1.82) is 5.26 Å². The number of hydrogen-bond acceptors (Lipinski definition) is 2. The topological polar surface area (TPSA) is 40.9 Å². The number of rotatable bonds is 2. The van der Waals surface area contributed by atoms with Crippen molar-refractivity contribution in [2.24, 2.45) is 0 Å². The molecule has 1 aromatic rings. The van der Waals surface area contributed by atoms with Crippen LogP contribution in [0.1, 0.15) is 15.9 Å². The maximum Gasteiger partial charge on any atom is 0.180 e.